The van der Waals surface area contributed by atoms with Gasteiger partial charge in [-0.15, -0.1) is 12.4 Å². The molecule has 1 aliphatic carbocycles. The Balaban J connectivity index is 0.00000225. The van der Waals surface area contributed by atoms with Crippen molar-refractivity contribution in [2.24, 2.45) is 11.3 Å². The summed E-state index contributed by atoms with van der Waals surface area (Å²) in [5.74, 6) is 1.19. The van der Waals surface area contributed by atoms with E-state index in [1.807, 2.05) is 29.2 Å². The Morgan fingerprint density at radius 2 is 2.04 bits per heavy atom. The molecule has 1 aromatic carbocycles. The Kier molecular flexibility index (Phi) is 6.83. The van der Waals surface area contributed by atoms with Crippen LogP contribution in [-0.2, 0) is 9.59 Å². The first kappa shape index (κ1) is 20.9. The van der Waals surface area contributed by atoms with E-state index in [1.165, 1.54) is 6.42 Å². The third-order valence-electron chi connectivity index (χ3n) is 6.40. The minimum Gasteiger partial charge on any atom is -0.484 e. The molecule has 0 bridgehead atoms. The summed E-state index contributed by atoms with van der Waals surface area (Å²) in [5, 5.41) is 6.52. The number of carbonyl (C=O) groups is 2. The molecule has 28 heavy (non-hydrogen) atoms. The minimum absolute atomic E-state index is 0. The molecule has 2 atom stereocenters. The average molecular weight is 408 g/mol. The van der Waals surface area contributed by atoms with Gasteiger partial charge in [-0.1, -0.05) is 18.9 Å². The SMILES string of the molecule is Cl.O=C(COc1cccc(NC(=O)[C@@]23CCCC[C@H]2CNC3)c1)N1CCCC1. The van der Waals surface area contributed by atoms with E-state index in [2.05, 4.69) is 10.6 Å². The van der Waals surface area contributed by atoms with Gasteiger partial charge in [0.2, 0.25) is 5.91 Å². The van der Waals surface area contributed by atoms with Gasteiger partial charge >= 0.3 is 0 Å². The fourth-order valence-corrected chi connectivity index (χ4v) is 4.81. The van der Waals surface area contributed by atoms with E-state index in [-0.39, 0.29) is 36.2 Å². The highest BCUT2D eigenvalue weighted by molar-refractivity contribution is 5.96. The molecule has 3 fully saturated rings. The first-order valence-electron chi connectivity index (χ1n) is 10.2. The second-order valence-electron chi connectivity index (χ2n) is 8.09. The van der Waals surface area contributed by atoms with Gasteiger partial charge in [-0.25, -0.2) is 0 Å². The van der Waals surface area contributed by atoms with Crippen LogP contribution in [0.5, 0.6) is 5.75 Å². The average Bonchev–Trinajstić information content (AvgIpc) is 3.36. The van der Waals surface area contributed by atoms with Crippen LogP contribution in [0.1, 0.15) is 38.5 Å². The molecule has 2 saturated heterocycles. The molecule has 1 aromatic rings. The van der Waals surface area contributed by atoms with Gasteiger partial charge in [-0.05, 0) is 50.3 Å². The number of benzene rings is 1. The van der Waals surface area contributed by atoms with Gasteiger partial charge in [0.05, 0.1) is 5.41 Å². The second-order valence-corrected chi connectivity index (χ2v) is 8.09. The summed E-state index contributed by atoms with van der Waals surface area (Å²) in [4.78, 5) is 27.1. The van der Waals surface area contributed by atoms with Crippen LogP contribution in [0, 0.1) is 11.3 Å². The van der Waals surface area contributed by atoms with Crippen LogP contribution in [0.4, 0.5) is 5.69 Å². The number of halogens is 1. The van der Waals surface area contributed by atoms with E-state index in [4.69, 9.17) is 4.74 Å². The van der Waals surface area contributed by atoms with Gasteiger partial charge in [0.25, 0.3) is 5.91 Å². The Morgan fingerprint density at radius 1 is 1.21 bits per heavy atom. The summed E-state index contributed by atoms with van der Waals surface area (Å²) in [7, 11) is 0. The lowest BCUT2D eigenvalue weighted by molar-refractivity contribution is -0.132. The van der Waals surface area contributed by atoms with E-state index in [9.17, 15) is 9.59 Å². The predicted octanol–water partition coefficient (Wildman–Crippen LogP) is 2.83. The fourth-order valence-electron chi connectivity index (χ4n) is 4.81. The summed E-state index contributed by atoms with van der Waals surface area (Å²) in [6, 6.07) is 7.37. The molecule has 0 aromatic heterocycles. The first-order valence-corrected chi connectivity index (χ1v) is 10.2. The number of rotatable bonds is 5. The molecular weight excluding hydrogens is 378 g/mol. The maximum Gasteiger partial charge on any atom is 0.260 e. The zero-order chi connectivity index (χ0) is 18.7. The van der Waals surface area contributed by atoms with Gasteiger partial charge in [-0.3, -0.25) is 9.59 Å². The normalized spacial score (nSPS) is 26.3. The molecule has 0 spiro atoms. The molecular formula is C21H30ClN3O3. The summed E-state index contributed by atoms with van der Waals surface area (Å²) in [6.45, 7) is 3.41. The third-order valence-corrected chi connectivity index (χ3v) is 6.40. The second kappa shape index (κ2) is 9.14. The number of hydrogen-bond acceptors (Lipinski definition) is 4. The molecule has 7 heteroatoms. The maximum absolute atomic E-state index is 13.1. The molecule has 6 nitrogen and oxygen atoms in total. The lowest BCUT2D eigenvalue weighted by Crippen LogP contribution is -2.44. The van der Waals surface area contributed by atoms with E-state index >= 15 is 0 Å². The van der Waals surface area contributed by atoms with Crippen molar-refractivity contribution in [3.8, 4) is 5.75 Å². The zero-order valence-corrected chi connectivity index (χ0v) is 17.1. The van der Waals surface area contributed by atoms with Gasteiger partial charge in [0, 0.05) is 31.4 Å². The van der Waals surface area contributed by atoms with E-state index in [1.54, 1.807) is 0 Å². The van der Waals surface area contributed by atoms with Crippen LogP contribution in [0.3, 0.4) is 0 Å². The third kappa shape index (κ3) is 4.28. The Hall–Kier alpha value is -1.79. The number of fused-ring (bicyclic) bond motifs is 1. The summed E-state index contributed by atoms with van der Waals surface area (Å²) in [5.41, 5.74) is 0.456. The monoisotopic (exact) mass is 407 g/mol. The van der Waals surface area contributed by atoms with Crippen molar-refractivity contribution < 1.29 is 14.3 Å². The Morgan fingerprint density at radius 3 is 2.86 bits per heavy atom. The number of nitrogens with zero attached hydrogens (tertiary/aromatic N) is 1. The van der Waals surface area contributed by atoms with Crippen molar-refractivity contribution >= 4 is 29.9 Å². The lowest BCUT2D eigenvalue weighted by Gasteiger charge is -2.37. The molecule has 154 valence electrons. The number of ether oxygens (including phenoxy) is 1. The van der Waals surface area contributed by atoms with Crippen LogP contribution in [0.25, 0.3) is 0 Å². The standard InChI is InChI=1S/C21H29N3O3.ClH/c25-19(24-10-3-4-11-24)14-27-18-8-5-7-17(12-18)23-20(26)21-9-2-1-6-16(21)13-22-15-21;/h5,7-8,12,16,22H,1-4,6,9-11,13-15H2,(H,23,26);1H/t16-,21+;/m0./s1. The van der Waals surface area contributed by atoms with Crippen LogP contribution in [0.2, 0.25) is 0 Å². The minimum atomic E-state index is -0.277. The number of anilines is 1. The van der Waals surface area contributed by atoms with Crippen LogP contribution >= 0.6 is 12.4 Å². The van der Waals surface area contributed by atoms with Gasteiger partial charge in [0.1, 0.15) is 5.75 Å². The smallest absolute Gasteiger partial charge is 0.260 e. The number of nitrogens with one attached hydrogen (secondary N) is 2. The number of likely N-dealkylation sites (tertiary alicyclic amines) is 1. The maximum atomic E-state index is 13.1. The zero-order valence-electron chi connectivity index (χ0n) is 16.2. The first-order chi connectivity index (χ1) is 13.2. The van der Waals surface area contributed by atoms with Crippen molar-refractivity contribution in [3.05, 3.63) is 24.3 Å². The molecule has 2 N–H and O–H groups in total. The highest BCUT2D eigenvalue weighted by atomic mass is 35.5. The van der Waals surface area contributed by atoms with Crippen LogP contribution in [0.15, 0.2) is 24.3 Å². The Bertz CT molecular complexity index is 708. The van der Waals surface area contributed by atoms with E-state index < -0.39 is 0 Å². The molecule has 4 rings (SSSR count). The predicted molar refractivity (Wildman–Crippen MR) is 111 cm³/mol. The van der Waals surface area contributed by atoms with Crippen LogP contribution < -0.4 is 15.4 Å². The molecule has 3 aliphatic rings. The fraction of sp³-hybridized carbons (Fsp3) is 0.619. The van der Waals surface area contributed by atoms with Gasteiger partial charge < -0.3 is 20.3 Å². The van der Waals surface area contributed by atoms with Gasteiger partial charge in [0.15, 0.2) is 6.61 Å². The quantitative estimate of drug-likeness (QED) is 0.787. The largest absolute Gasteiger partial charge is 0.484 e. The topological polar surface area (TPSA) is 70.7 Å². The van der Waals surface area contributed by atoms with Crippen molar-refractivity contribution in [1.29, 1.82) is 0 Å². The number of amides is 2. The van der Waals surface area contributed by atoms with Crippen molar-refractivity contribution in [2.45, 2.75) is 38.5 Å². The number of carbonyl (C=O) groups excluding carboxylic acids is 2. The van der Waals surface area contributed by atoms with Crippen LogP contribution in [-0.4, -0.2) is 49.5 Å². The summed E-state index contributed by atoms with van der Waals surface area (Å²) >= 11 is 0. The molecule has 0 unspecified atom stereocenters. The van der Waals surface area contributed by atoms with Crippen molar-refractivity contribution in [2.75, 3.05) is 38.1 Å². The van der Waals surface area contributed by atoms with E-state index in [0.29, 0.717) is 11.7 Å². The molecule has 2 aliphatic heterocycles. The molecule has 1 saturated carbocycles. The van der Waals surface area contributed by atoms with E-state index in [0.717, 1.165) is 64.0 Å². The highest BCUT2D eigenvalue weighted by Gasteiger charge is 2.49. The lowest BCUT2D eigenvalue weighted by atomic mass is 9.67. The highest BCUT2D eigenvalue weighted by Crippen LogP contribution is 2.44. The Labute approximate surface area is 172 Å². The summed E-state index contributed by atoms with van der Waals surface area (Å²) in [6.07, 6.45) is 6.57. The number of hydrogen-bond donors (Lipinski definition) is 2. The molecule has 2 heterocycles. The molecule has 2 amide bonds. The van der Waals surface area contributed by atoms with Crippen molar-refractivity contribution in [1.82, 2.24) is 10.2 Å². The van der Waals surface area contributed by atoms with Gasteiger partial charge in [-0.2, -0.15) is 0 Å². The molecule has 0 radical (unpaired) electrons. The van der Waals surface area contributed by atoms with Crippen molar-refractivity contribution in [3.63, 3.8) is 0 Å². The summed E-state index contributed by atoms with van der Waals surface area (Å²) < 4.78 is 5.68.